The molecule has 0 atom stereocenters. The molecular weight excluding hydrogens is 565 g/mol. The predicted molar refractivity (Wildman–Crippen MR) is 140 cm³/mol. The van der Waals surface area contributed by atoms with E-state index in [1.807, 2.05) is 0 Å². The smallest absolute Gasteiger partial charge is 0.264 e. The second kappa shape index (κ2) is 10.7. The largest absolute Gasteiger partial charge is 0.292 e. The topological polar surface area (TPSA) is 122 Å². The zero-order valence-electron chi connectivity index (χ0n) is 18.9. The first-order chi connectivity index (χ1) is 17.0. The van der Waals surface area contributed by atoms with Crippen LogP contribution in [-0.4, -0.2) is 34.1 Å². The standard InChI is InChI=1S/C23H21Cl2N3O5S3/c1-2-26-35(30,31)17-8-6-16(7-9-17)34-19-10-12-21(27-22(19)23(29)14-3-4-14)28-36(32,33)20-11-5-15(24)13-18(20)25/h5-14,26H,2-4H2,1H3,(H,27,28). The fraction of sp³-hybridized carbons (Fsp3) is 0.217. The number of benzene rings is 2. The molecule has 0 amide bonds. The number of Topliss-reactive ketones (excluding diaryl/α,β-unsaturated/α-hetero) is 1. The van der Waals surface area contributed by atoms with Gasteiger partial charge in [0, 0.05) is 27.3 Å². The minimum atomic E-state index is -4.09. The lowest BCUT2D eigenvalue weighted by Crippen LogP contribution is -2.22. The number of ketones is 1. The highest BCUT2D eigenvalue weighted by atomic mass is 35.5. The molecule has 1 aromatic heterocycles. The normalized spacial score (nSPS) is 14.0. The lowest BCUT2D eigenvalue weighted by atomic mass is 10.2. The van der Waals surface area contributed by atoms with Gasteiger partial charge in [0.15, 0.2) is 5.78 Å². The van der Waals surface area contributed by atoms with Crippen molar-refractivity contribution in [1.29, 1.82) is 0 Å². The first-order valence-corrected chi connectivity index (χ1v) is 15.3. The number of carbonyl (C=O) groups excluding carboxylic acids is 1. The number of nitrogens with zero attached hydrogens (tertiary/aromatic N) is 1. The van der Waals surface area contributed by atoms with Crippen LogP contribution in [0.1, 0.15) is 30.3 Å². The molecule has 1 heterocycles. The molecule has 1 aliphatic rings. The van der Waals surface area contributed by atoms with Gasteiger partial charge in [0.1, 0.15) is 16.4 Å². The lowest BCUT2D eigenvalue weighted by molar-refractivity contribution is 0.0959. The van der Waals surface area contributed by atoms with Gasteiger partial charge < -0.3 is 0 Å². The first-order valence-electron chi connectivity index (χ1n) is 10.8. The fourth-order valence-corrected chi connectivity index (χ4v) is 7.00. The predicted octanol–water partition coefficient (Wildman–Crippen LogP) is 5.23. The highest BCUT2D eigenvalue weighted by Crippen LogP contribution is 2.38. The number of pyridine rings is 1. The van der Waals surface area contributed by atoms with Crippen molar-refractivity contribution < 1.29 is 21.6 Å². The van der Waals surface area contributed by atoms with Gasteiger partial charge in [-0.1, -0.05) is 41.9 Å². The van der Waals surface area contributed by atoms with Crippen molar-refractivity contribution in [3.05, 3.63) is 70.3 Å². The van der Waals surface area contributed by atoms with Gasteiger partial charge in [0.2, 0.25) is 10.0 Å². The monoisotopic (exact) mass is 585 g/mol. The molecule has 1 aliphatic carbocycles. The van der Waals surface area contributed by atoms with Crippen LogP contribution in [0.25, 0.3) is 0 Å². The summed E-state index contributed by atoms with van der Waals surface area (Å²) in [5.74, 6) is -0.349. The maximum atomic E-state index is 13.0. The third kappa shape index (κ3) is 6.21. The van der Waals surface area contributed by atoms with E-state index in [1.165, 1.54) is 48.2 Å². The number of hydrogen-bond donors (Lipinski definition) is 2. The van der Waals surface area contributed by atoms with Crippen LogP contribution < -0.4 is 9.44 Å². The zero-order chi connectivity index (χ0) is 26.1. The van der Waals surface area contributed by atoms with Crippen LogP contribution >= 0.6 is 35.0 Å². The summed E-state index contributed by atoms with van der Waals surface area (Å²) >= 11 is 13.2. The molecule has 13 heteroatoms. The van der Waals surface area contributed by atoms with E-state index in [0.717, 1.165) is 12.8 Å². The Kier molecular flexibility index (Phi) is 7.98. The van der Waals surface area contributed by atoms with Gasteiger partial charge in [-0.15, -0.1) is 0 Å². The van der Waals surface area contributed by atoms with Crippen molar-refractivity contribution >= 4 is 66.6 Å². The van der Waals surface area contributed by atoms with Crippen LogP contribution in [0.4, 0.5) is 5.82 Å². The van der Waals surface area contributed by atoms with Gasteiger partial charge in [0.25, 0.3) is 10.0 Å². The van der Waals surface area contributed by atoms with Gasteiger partial charge in [-0.25, -0.2) is 26.5 Å². The summed E-state index contributed by atoms with van der Waals surface area (Å²) in [5.41, 5.74) is 0.147. The van der Waals surface area contributed by atoms with E-state index in [2.05, 4.69) is 14.4 Å². The highest BCUT2D eigenvalue weighted by molar-refractivity contribution is 7.99. The van der Waals surface area contributed by atoms with Crippen LogP contribution in [0.15, 0.2) is 74.2 Å². The summed E-state index contributed by atoms with van der Waals surface area (Å²) in [6.45, 7) is 1.97. The third-order valence-electron chi connectivity index (χ3n) is 5.16. The van der Waals surface area contributed by atoms with Gasteiger partial charge in [0.05, 0.1) is 9.92 Å². The van der Waals surface area contributed by atoms with Crippen LogP contribution in [-0.2, 0) is 20.0 Å². The van der Waals surface area contributed by atoms with Crippen molar-refractivity contribution in [3.8, 4) is 0 Å². The Labute approximate surface area is 223 Å². The van der Waals surface area contributed by atoms with E-state index in [0.29, 0.717) is 14.8 Å². The molecule has 4 rings (SSSR count). The second-order valence-corrected chi connectivity index (χ2v) is 13.3. The van der Waals surface area contributed by atoms with Crippen LogP contribution in [0.2, 0.25) is 10.0 Å². The Morgan fingerprint density at radius 2 is 1.69 bits per heavy atom. The van der Waals surface area contributed by atoms with Crippen molar-refractivity contribution in [1.82, 2.24) is 9.71 Å². The summed E-state index contributed by atoms with van der Waals surface area (Å²) in [5, 5.41) is 0.249. The van der Waals surface area contributed by atoms with E-state index in [-0.39, 0.29) is 44.6 Å². The third-order valence-corrected chi connectivity index (χ3v) is 9.85. The van der Waals surface area contributed by atoms with Crippen molar-refractivity contribution in [2.45, 2.75) is 39.3 Å². The average Bonchev–Trinajstić information content (AvgIpc) is 3.65. The van der Waals surface area contributed by atoms with Crippen LogP contribution in [0.3, 0.4) is 0 Å². The van der Waals surface area contributed by atoms with Gasteiger partial charge >= 0.3 is 0 Å². The summed E-state index contributed by atoms with van der Waals surface area (Å²) in [6.07, 6.45) is 1.50. The Bertz CT molecular complexity index is 1530. The SMILES string of the molecule is CCNS(=O)(=O)c1ccc(Sc2ccc(NS(=O)(=O)c3ccc(Cl)cc3Cl)nc2C(=O)C2CC2)cc1. The van der Waals surface area contributed by atoms with E-state index < -0.39 is 20.0 Å². The molecule has 0 aliphatic heterocycles. The van der Waals surface area contributed by atoms with E-state index in [9.17, 15) is 21.6 Å². The number of aromatic nitrogens is 1. The van der Waals surface area contributed by atoms with Crippen molar-refractivity contribution in [3.63, 3.8) is 0 Å². The molecule has 0 spiro atoms. The molecule has 0 radical (unpaired) electrons. The Hall–Kier alpha value is -2.15. The minimum Gasteiger partial charge on any atom is -0.292 e. The number of nitrogens with one attached hydrogen (secondary N) is 2. The maximum Gasteiger partial charge on any atom is 0.264 e. The molecular formula is C23H21Cl2N3O5S3. The van der Waals surface area contributed by atoms with Gasteiger partial charge in [-0.3, -0.25) is 9.52 Å². The zero-order valence-corrected chi connectivity index (χ0v) is 22.8. The fourth-order valence-electron chi connectivity index (χ4n) is 3.27. The number of sulfonamides is 2. The van der Waals surface area contributed by atoms with Crippen molar-refractivity contribution in [2.24, 2.45) is 5.92 Å². The summed E-state index contributed by atoms with van der Waals surface area (Å²) in [6, 6.07) is 13.3. The molecule has 3 aromatic rings. The van der Waals surface area contributed by atoms with Gasteiger partial charge in [-0.2, -0.15) is 0 Å². The lowest BCUT2D eigenvalue weighted by Gasteiger charge is -2.13. The maximum absolute atomic E-state index is 13.0. The number of rotatable bonds is 10. The molecule has 2 aromatic carbocycles. The Morgan fingerprint density at radius 1 is 1.00 bits per heavy atom. The quantitative estimate of drug-likeness (QED) is 0.312. The van der Waals surface area contributed by atoms with E-state index in [1.54, 1.807) is 25.1 Å². The molecule has 1 fully saturated rings. The molecule has 190 valence electrons. The molecule has 2 N–H and O–H groups in total. The molecule has 0 bridgehead atoms. The Balaban J connectivity index is 1.62. The number of anilines is 1. The molecule has 8 nitrogen and oxygen atoms in total. The van der Waals surface area contributed by atoms with Crippen LogP contribution in [0.5, 0.6) is 0 Å². The number of halogens is 2. The summed E-state index contributed by atoms with van der Waals surface area (Å²) in [7, 11) is -7.67. The highest BCUT2D eigenvalue weighted by Gasteiger charge is 2.33. The van der Waals surface area contributed by atoms with Crippen molar-refractivity contribution in [2.75, 3.05) is 11.3 Å². The number of carbonyl (C=O) groups is 1. The Morgan fingerprint density at radius 3 is 2.31 bits per heavy atom. The molecule has 1 saturated carbocycles. The summed E-state index contributed by atoms with van der Waals surface area (Å²) < 4.78 is 54.9. The molecule has 0 unspecified atom stereocenters. The molecule has 36 heavy (non-hydrogen) atoms. The molecule has 0 saturated heterocycles. The van der Waals surface area contributed by atoms with E-state index in [4.69, 9.17) is 23.2 Å². The number of hydrogen-bond acceptors (Lipinski definition) is 7. The van der Waals surface area contributed by atoms with E-state index >= 15 is 0 Å². The van der Waals surface area contributed by atoms with Crippen LogP contribution in [0, 0.1) is 5.92 Å². The summed E-state index contributed by atoms with van der Waals surface area (Å²) in [4.78, 5) is 18.5. The average molecular weight is 587 g/mol. The van der Waals surface area contributed by atoms with Gasteiger partial charge in [-0.05, 0) is 67.4 Å². The second-order valence-electron chi connectivity index (χ2n) is 7.94. The first kappa shape index (κ1) is 26.9. The minimum absolute atomic E-state index is 0.0264.